The lowest BCUT2D eigenvalue weighted by Crippen LogP contribution is -2.33. The van der Waals surface area contributed by atoms with Crippen molar-refractivity contribution in [3.63, 3.8) is 0 Å². The Balaban J connectivity index is 2.02. The summed E-state index contributed by atoms with van der Waals surface area (Å²) in [4.78, 5) is 16.9. The van der Waals surface area contributed by atoms with Crippen molar-refractivity contribution in [2.24, 2.45) is 0 Å². The molecule has 0 saturated carbocycles. The molecule has 1 amide bonds. The van der Waals surface area contributed by atoms with Gasteiger partial charge >= 0.3 is 12.7 Å². The molecule has 2 aromatic rings. The van der Waals surface area contributed by atoms with Crippen LogP contribution in [0.5, 0.6) is 5.75 Å². The van der Waals surface area contributed by atoms with Gasteiger partial charge in [0.25, 0.3) is 0 Å². The van der Waals surface area contributed by atoms with Gasteiger partial charge in [0.2, 0.25) is 0 Å². The summed E-state index contributed by atoms with van der Waals surface area (Å²) in [5.41, 5.74) is 1.03. The normalized spacial score (nSPS) is 15.6. The van der Waals surface area contributed by atoms with Crippen LogP contribution >= 0.6 is 0 Å². The van der Waals surface area contributed by atoms with Gasteiger partial charge in [-0.1, -0.05) is 6.07 Å². The van der Waals surface area contributed by atoms with Crippen LogP contribution in [-0.4, -0.2) is 29.1 Å². The minimum absolute atomic E-state index is 0.00156. The number of hydrogen-bond acceptors (Lipinski definition) is 4. The zero-order valence-corrected chi connectivity index (χ0v) is 13.6. The van der Waals surface area contributed by atoms with E-state index in [-0.39, 0.29) is 12.1 Å². The van der Waals surface area contributed by atoms with Crippen LogP contribution in [0.1, 0.15) is 14.0 Å². The number of aromatic nitrogens is 1. The van der Waals surface area contributed by atoms with E-state index in [1.165, 1.54) is 30.7 Å². The van der Waals surface area contributed by atoms with Crippen molar-refractivity contribution < 1.29 is 30.2 Å². The van der Waals surface area contributed by atoms with Crippen molar-refractivity contribution in [3.8, 4) is 16.9 Å². The fraction of sp³-hybridized carbons (Fsp3) is 0.222. The van der Waals surface area contributed by atoms with E-state index in [0.717, 1.165) is 17.0 Å². The van der Waals surface area contributed by atoms with Crippen molar-refractivity contribution in [1.82, 2.24) is 9.88 Å². The third kappa shape index (κ3) is 3.96. The lowest BCUT2D eigenvalue weighted by atomic mass is 10.0. The van der Waals surface area contributed by atoms with Gasteiger partial charge in [-0.05, 0) is 42.3 Å². The molecular formula is C18H15F3N2O3. The first-order valence-corrected chi connectivity index (χ1v) is 7.55. The van der Waals surface area contributed by atoms with Crippen LogP contribution in [0.3, 0.4) is 0 Å². The number of carbonyl (C=O) groups excluding carboxylic acids is 1. The van der Waals surface area contributed by atoms with Crippen LogP contribution < -0.4 is 4.74 Å². The van der Waals surface area contributed by atoms with Crippen molar-refractivity contribution in [2.75, 3.05) is 6.54 Å². The Labute approximate surface area is 150 Å². The number of nitrogens with zero attached hydrogens (tertiary/aromatic N) is 2. The number of hydrogen-bond donors (Lipinski definition) is 0. The SMILES string of the molecule is [2H]C([2H])(c1cc(-c2ccc(F)c(OC(F)F)c2)cnc1C)N1CC=COC1=O. The topological polar surface area (TPSA) is 51.7 Å². The first-order valence-electron chi connectivity index (χ1n) is 8.55. The summed E-state index contributed by atoms with van der Waals surface area (Å²) in [5.74, 6) is -1.59. The van der Waals surface area contributed by atoms with Gasteiger partial charge in [-0.3, -0.25) is 9.88 Å². The van der Waals surface area contributed by atoms with Gasteiger partial charge in [-0.25, -0.2) is 9.18 Å². The standard InChI is InChI=1S/C18H15F3N2O3/c1-11-14(10-23-5-2-6-25-18(23)24)7-13(9-22-11)12-3-4-15(19)16(8-12)26-17(20)21/h2-4,6-9,17H,5,10H2,1H3/i10D2. The van der Waals surface area contributed by atoms with Crippen molar-refractivity contribution >= 4 is 6.09 Å². The lowest BCUT2D eigenvalue weighted by molar-refractivity contribution is -0.0521. The number of cyclic esters (lactones) is 1. The summed E-state index contributed by atoms with van der Waals surface area (Å²) in [6.07, 6.45) is 3.20. The monoisotopic (exact) mass is 366 g/mol. The molecule has 5 nitrogen and oxygen atoms in total. The quantitative estimate of drug-likeness (QED) is 0.793. The van der Waals surface area contributed by atoms with Crippen molar-refractivity contribution in [2.45, 2.75) is 20.0 Å². The smallest absolute Gasteiger partial charge is 0.415 e. The average molecular weight is 366 g/mol. The summed E-state index contributed by atoms with van der Waals surface area (Å²) in [5, 5.41) is 0. The molecule has 0 N–H and O–H groups in total. The molecule has 1 aliphatic rings. The molecule has 0 aliphatic carbocycles. The molecule has 0 radical (unpaired) electrons. The van der Waals surface area contributed by atoms with E-state index in [2.05, 4.69) is 9.72 Å². The maximum absolute atomic E-state index is 13.7. The molecule has 136 valence electrons. The van der Waals surface area contributed by atoms with Gasteiger partial charge in [-0.15, -0.1) is 0 Å². The van der Waals surface area contributed by atoms with Crippen LogP contribution in [0.25, 0.3) is 11.1 Å². The maximum atomic E-state index is 13.7. The summed E-state index contributed by atoms with van der Waals surface area (Å²) in [7, 11) is 0. The highest BCUT2D eigenvalue weighted by atomic mass is 19.3. The fourth-order valence-electron chi connectivity index (χ4n) is 2.30. The Morgan fingerprint density at radius 1 is 1.38 bits per heavy atom. The molecule has 8 heteroatoms. The molecule has 0 spiro atoms. The number of rotatable bonds is 5. The second kappa shape index (κ2) is 7.47. The molecule has 0 unspecified atom stereocenters. The predicted molar refractivity (Wildman–Crippen MR) is 87.0 cm³/mol. The Hall–Kier alpha value is -3.03. The molecule has 0 saturated heterocycles. The van der Waals surface area contributed by atoms with Gasteiger partial charge < -0.3 is 9.47 Å². The van der Waals surface area contributed by atoms with Gasteiger partial charge in [0.1, 0.15) is 0 Å². The van der Waals surface area contributed by atoms with Crippen LogP contribution in [-0.2, 0) is 11.2 Å². The number of amides is 1. The van der Waals surface area contributed by atoms with E-state index in [1.54, 1.807) is 6.92 Å². The predicted octanol–water partition coefficient (Wildman–Crippen LogP) is 4.26. The van der Waals surface area contributed by atoms with Crippen molar-refractivity contribution in [3.05, 3.63) is 59.9 Å². The van der Waals surface area contributed by atoms with E-state index >= 15 is 0 Å². The Kier molecular flexibility index (Phi) is 4.38. The van der Waals surface area contributed by atoms with E-state index in [1.807, 2.05) is 0 Å². The first-order chi connectivity index (χ1) is 13.2. The largest absolute Gasteiger partial charge is 0.432 e. The fourth-order valence-corrected chi connectivity index (χ4v) is 2.30. The Bertz CT molecular complexity index is 938. The third-order valence-corrected chi connectivity index (χ3v) is 3.60. The molecule has 1 aromatic heterocycles. The molecule has 0 bridgehead atoms. The number of halogens is 3. The average Bonchev–Trinajstić information content (AvgIpc) is 2.63. The van der Waals surface area contributed by atoms with Crippen LogP contribution in [0.2, 0.25) is 0 Å². The minimum atomic E-state index is -3.19. The summed E-state index contributed by atoms with van der Waals surface area (Å²) in [6, 6.07) is 4.80. The summed E-state index contributed by atoms with van der Waals surface area (Å²) >= 11 is 0. The van der Waals surface area contributed by atoms with Crippen LogP contribution in [0.15, 0.2) is 42.8 Å². The highest BCUT2D eigenvalue weighted by Crippen LogP contribution is 2.28. The number of benzene rings is 1. The molecule has 1 aliphatic heterocycles. The number of pyridine rings is 1. The number of alkyl halides is 2. The highest BCUT2D eigenvalue weighted by molar-refractivity contribution is 5.70. The van der Waals surface area contributed by atoms with Gasteiger partial charge in [0.05, 0.1) is 15.5 Å². The van der Waals surface area contributed by atoms with E-state index < -0.39 is 30.8 Å². The second-order valence-corrected chi connectivity index (χ2v) is 5.36. The number of aryl methyl sites for hydroxylation is 1. The third-order valence-electron chi connectivity index (χ3n) is 3.60. The molecule has 26 heavy (non-hydrogen) atoms. The van der Waals surface area contributed by atoms with E-state index in [4.69, 9.17) is 7.48 Å². The molecule has 2 heterocycles. The molecule has 0 atom stereocenters. The zero-order chi connectivity index (χ0) is 20.5. The highest BCUT2D eigenvalue weighted by Gasteiger charge is 2.18. The maximum Gasteiger partial charge on any atom is 0.415 e. The molecule has 3 rings (SSSR count). The Morgan fingerprint density at radius 2 is 2.19 bits per heavy atom. The minimum Gasteiger partial charge on any atom is -0.432 e. The first kappa shape index (κ1) is 15.2. The Morgan fingerprint density at radius 3 is 2.92 bits per heavy atom. The zero-order valence-electron chi connectivity index (χ0n) is 15.6. The summed E-state index contributed by atoms with van der Waals surface area (Å²) < 4.78 is 64.2. The molecule has 0 fully saturated rings. The van der Waals surface area contributed by atoms with Crippen LogP contribution in [0.4, 0.5) is 18.0 Å². The molecular weight excluding hydrogens is 349 g/mol. The second-order valence-electron chi connectivity index (χ2n) is 5.36. The molecule has 1 aromatic carbocycles. The van der Waals surface area contributed by atoms with Gasteiger partial charge in [0.15, 0.2) is 11.6 Å². The van der Waals surface area contributed by atoms with Crippen LogP contribution in [0, 0.1) is 12.7 Å². The van der Waals surface area contributed by atoms with E-state index in [0.29, 0.717) is 16.8 Å². The van der Waals surface area contributed by atoms with Gasteiger partial charge in [0, 0.05) is 24.0 Å². The van der Waals surface area contributed by atoms with Gasteiger partial charge in [-0.2, -0.15) is 8.78 Å². The van der Waals surface area contributed by atoms with Crippen molar-refractivity contribution in [1.29, 1.82) is 0 Å². The number of ether oxygens (including phenoxy) is 2. The lowest BCUT2D eigenvalue weighted by Gasteiger charge is -2.23. The summed E-state index contributed by atoms with van der Waals surface area (Å²) in [6.45, 7) is -3.88. The van der Waals surface area contributed by atoms with E-state index in [9.17, 15) is 18.0 Å². The number of carbonyl (C=O) groups is 1.